The van der Waals surface area contributed by atoms with Crippen molar-refractivity contribution >= 4 is 5.91 Å². The van der Waals surface area contributed by atoms with E-state index in [9.17, 15) is 4.79 Å². The van der Waals surface area contributed by atoms with Gasteiger partial charge in [-0.2, -0.15) is 0 Å². The molecule has 0 spiro atoms. The zero-order valence-corrected chi connectivity index (χ0v) is 11.6. The van der Waals surface area contributed by atoms with E-state index in [1.165, 1.54) is 0 Å². The van der Waals surface area contributed by atoms with Gasteiger partial charge in [0.15, 0.2) is 0 Å². The maximum atomic E-state index is 11.3. The molecule has 4 nitrogen and oxygen atoms in total. The fourth-order valence-corrected chi connectivity index (χ4v) is 2.45. The molecule has 1 amide bonds. The first kappa shape index (κ1) is 14.0. The van der Waals surface area contributed by atoms with Crippen LogP contribution in [0.15, 0.2) is 24.4 Å². The van der Waals surface area contributed by atoms with Crippen molar-refractivity contribution in [2.75, 3.05) is 19.6 Å². The summed E-state index contributed by atoms with van der Waals surface area (Å²) in [5.74, 6) is 0.173. The zero-order valence-electron chi connectivity index (χ0n) is 11.6. The van der Waals surface area contributed by atoms with Gasteiger partial charge in [-0.25, -0.2) is 0 Å². The number of hydrogen-bond acceptors (Lipinski definition) is 3. The highest BCUT2D eigenvalue weighted by Crippen LogP contribution is 2.11. The minimum atomic E-state index is 0.173. The smallest absolute Gasteiger partial charge is 0.219 e. The average Bonchev–Trinajstić information content (AvgIpc) is 2.47. The number of carbonyl (C=O) groups excluding carboxylic acids is 1. The lowest BCUT2D eigenvalue weighted by atomic mass is 10.0. The molecule has 0 atom stereocenters. The van der Waals surface area contributed by atoms with Gasteiger partial charge in [0.05, 0.1) is 0 Å². The van der Waals surface area contributed by atoms with Crippen molar-refractivity contribution in [1.29, 1.82) is 0 Å². The van der Waals surface area contributed by atoms with Crippen molar-refractivity contribution in [3.8, 4) is 0 Å². The van der Waals surface area contributed by atoms with E-state index in [1.54, 1.807) is 0 Å². The molecule has 0 saturated carbocycles. The molecular formula is C15H23N3O. The van der Waals surface area contributed by atoms with Gasteiger partial charge >= 0.3 is 0 Å². The molecule has 0 unspecified atom stereocenters. The van der Waals surface area contributed by atoms with Gasteiger partial charge in [-0.1, -0.05) is 13.0 Å². The normalized spacial score (nSPS) is 17.3. The van der Waals surface area contributed by atoms with Crippen molar-refractivity contribution in [3.05, 3.63) is 30.1 Å². The lowest BCUT2D eigenvalue weighted by molar-refractivity contribution is -0.121. The molecule has 19 heavy (non-hydrogen) atoms. The molecule has 1 N–H and O–H groups in total. The van der Waals surface area contributed by atoms with Crippen LogP contribution in [0, 0.1) is 0 Å². The van der Waals surface area contributed by atoms with E-state index < -0.39 is 0 Å². The van der Waals surface area contributed by atoms with Gasteiger partial charge in [0.1, 0.15) is 0 Å². The quantitative estimate of drug-likeness (QED) is 0.876. The van der Waals surface area contributed by atoms with Gasteiger partial charge in [-0.05, 0) is 25.0 Å². The summed E-state index contributed by atoms with van der Waals surface area (Å²) in [7, 11) is 0. The molecule has 1 saturated heterocycles. The Hall–Kier alpha value is -1.42. The van der Waals surface area contributed by atoms with E-state index >= 15 is 0 Å². The Bertz CT molecular complexity index is 386. The summed E-state index contributed by atoms with van der Waals surface area (Å²) in [5, 5.41) is 3.08. The van der Waals surface area contributed by atoms with Gasteiger partial charge < -0.3 is 10.2 Å². The number of aromatic nitrogens is 1. The molecule has 0 aromatic carbocycles. The maximum Gasteiger partial charge on any atom is 0.219 e. The number of nitrogens with zero attached hydrogens (tertiary/aromatic N) is 2. The Morgan fingerprint density at radius 3 is 2.84 bits per heavy atom. The van der Waals surface area contributed by atoms with Crippen molar-refractivity contribution in [2.45, 2.75) is 38.6 Å². The molecule has 1 aromatic heterocycles. The van der Waals surface area contributed by atoms with E-state index in [0.29, 0.717) is 12.5 Å². The van der Waals surface area contributed by atoms with Crippen molar-refractivity contribution in [3.63, 3.8) is 0 Å². The van der Waals surface area contributed by atoms with Gasteiger partial charge in [0.2, 0.25) is 5.91 Å². The molecule has 0 aliphatic carbocycles. The van der Waals surface area contributed by atoms with E-state index in [2.05, 4.69) is 21.3 Å². The summed E-state index contributed by atoms with van der Waals surface area (Å²) in [6.07, 6.45) is 5.57. The van der Waals surface area contributed by atoms with Crippen LogP contribution in [-0.2, 0) is 11.2 Å². The Balaban J connectivity index is 1.67. The second-order valence-electron chi connectivity index (χ2n) is 5.11. The van der Waals surface area contributed by atoms with Crippen LogP contribution in [-0.4, -0.2) is 41.5 Å². The first-order valence-corrected chi connectivity index (χ1v) is 7.19. The van der Waals surface area contributed by atoms with Crippen LogP contribution in [0.4, 0.5) is 0 Å². The first-order chi connectivity index (χ1) is 9.28. The molecule has 1 fully saturated rings. The average molecular weight is 261 g/mol. The highest BCUT2D eigenvalue weighted by atomic mass is 16.1. The Morgan fingerprint density at radius 2 is 2.21 bits per heavy atom. The van der Waals surface area contributed by atoms with Crippen molar-refractivity contribution in [2.24, 2.45) is 0 Å². The maximum absolute atomic E-state index is 11.3. The summed E-state index contributed by atoms with van der Waals surface area (Å²) in [5.41, 5.74) is 1.16. The zero-order chi connectivity index (χ0) is 13.5. The third-order valence-electron chi connectivity index (χ3n) is 3.68. The van der Waals surface area contributed by atoms with E-state index in [0.717, 1.165) is 44.6 Å². The van der Waals surface area contributed by atoms with Crippen LogP contribution >= 0.6 is 0 Å². The lowest BCUT2D eigenvalue weighted by Crippen LogP contribution is -2.44. The summed E-state index contributed by atoms with van der Waals surface area (Å²) in [4.78, 5) is 18.1. The Morgan fingerprint density at radius 1 is 1.42 bits per heavy atom. The monoisotopic (exact) mass is 261 g/mol. The van der Waals surface area contributed by atoms with E-state index in [-0.39, 0.29) is 5.91 Å². The molecule has 2 heterocycles. The van der Waals surface area contributed by atoms with Crippen LogP contribution in [0.3, 0.4) is 0 Å². The number of piperidine rings is 1. The summed E-state index contributed by atoms with van der Waals surface area (Å²) in [6, 6.07) is 6.44. The minimum Gasteiger partial charge on any atom is -0.353 e. The van der Waals surface area contributed by atoms with Crippen LogP contribution in [0.25, 0.3) is 0 Å². The fourth-order valence-electron chi connectivity index (χ4n) is 2.45. The molecular weight excluding hydrogens is 238 g/mol. The van der Waals surface area contributed by atoms with Gasteiger partial charge in [-0.15, -0.1) is 0 Å². The molecule has 4 heteroatoms. The topological polar surface area (TPSA) is 45.2 Å². The van der Waals surface area contributed by atoms with Gasteiger partial charge in [0.25, 0.3) is 0 Å². The Labute approximate surface area is 115 Å². The van der Waals surface area contributed by atoms with Gasteiger partial charge in [-0.3, -0.25) is 9.78 Å². The highest BCUT2D eigenvalue weighted by molar-refractivity contribution is 5.75. The number of carbonyl (C=O) groups is 1. The van der Waals surface area contributed by atoms with Crippen LogP contribution in [0.5, 0.6) is 0 Å². The first-order valence-electron chi connectivity index (χ1n) is 7.19. The van der Waals surface area contributed by atoms with Gasteiger partial charge in [0, 0.05) is 50.4 Å². The predicted octanol–water partition coefficient (Wildman–Crippen LogP) is 1.61. The summed E-state index contributed by atoms with van der Waals surface area (Å²) >= 11 is 0. The van der Waals surface area contributed by atoms with Crippen molar-refractivity contribution in [1.82, 2.24) is 15.2 Å². The third kappa shape index (κ3) is 4.63. The highest BCUT2D eigenvalue weighted by Gasteiger charge is 2.19. The molecule has 0 radical (unpaired) electrons. The van der Waals surface area contributed by atoms with Crippen molar-refractivity contribution < 1.29 is 4.79 Å². The van der Waals surface area contributed by atoms with E-state index in [1.807, 2.05) is 25.3 Å². The second-order valence-corrected chi connectivity index (χ2v) is 5.11. The number of pyridine rings is 1. The number of likely N-dealkylation sites (tertiary alicyclic amines) is 1. The summed E-state index contributed by atoms with van der Waals surface area (Å²) < 4.78 is 0. The van der Waals surface area contributed by atoms with E-state index in [4.69, 9.17) is 0 Å². The molecule has 2 rings (SSSR count). The molecule has 0 bridgehead atoms. The molecule has 1 aliphatic heterocycles. The second kappa shape index (κ2) is 7.24. The number of amides is 1. The summed E-state index contributed by atoms with van der Waals surface area (Å²) in [6.45, 7) is 5.10. The SMILES string of the molecule is CCC(=O)NC1CCN(CCc2ccccn2)CC1. The number of nitrogens with one attached hydrogen (secondary N) is 1. The van der Waals surface area contributed by atoms with Crippen LogP contribution in [0.2, 0.25) is 0 Å². The number of rotatable bonds is 5. The largest absolute Gasteiger partial charge is 0.353 e. The molecule has 1 aliphatic rings. The molecule has 104 valence electrons. The Kier molecular flexibility index (Phi) is 5.33. The van der Waals surface area contributed by atoms with Crippen LogP contribution < -0.4 is 5.32 Å². The molecule has 1 aromatic rings. The standard InChI is InChI=1S/C15H23N3O/c1-2-15(19)17-14-7-11-18(12-8-14)10-6-13-5-3-4-9-16-13/h3-5,9,14H,2,6-8,10-12H2,1H3,(H,17,19). The lowest BCUT2D eigenvalue weighted by Gasteiger charge is -2.32. The number of hydrogen-bond donors (Lipinski definition) is 1. The predicted molar refractivity (Wildman–Crippen MR) is 75.8 cm³/mol. The third-order valence-corrected chi connectivity index (χ3v) is 3.68. The van der Waals surface area contributed by atoms with Crippen LogP contribution in [0.1, 0.15) is 31.9 Å². The fraction of sp³-hybridized carbons (Fsp3) is 0.600. The minimum absolute atomic E-state index is 0.173.